The van der Waals surface area contributed by atoms with Crippen LogP contribution in [0.3, 0.4) is 0 Å². The first-order valence-corrected chi connectivity index (χ1v) is 7.36. The molecule has 0 radical (unpaired) electrons. The Morgan fingerprint density at radius 3 is 2.48 bits per heavy atom. The van der Waals surface area contributed by atoms with Crippen LogP contribution in [0.2, 0.25) is 5.02 Å². The molecule has 0 spiro atoms. The number of ketones is 1. The summed E-state index contributed by atoms with van der Waals surface area (Å²) in [6.45, 7) is 0.574. The van der Waals surface area contributed by atoms with Gasteiger partial charge in [-0.3, -0.25) is 4.79 Å². The number of hydrogen-bond acceptors (Lipinski definition) is 4. The third-order valence-electron chi connectivity index (χ3n) is 3.30. The molecular formula is C17H16ClNO4. The predicted molar refractivity (Wildman–Crippen MR) is 87.4 cm³/mol. The van der Waals surface area contributed by atoms with Crippen LogP contribution in [0.15, 0.2) is 48.5 Å². The van der Waals surface area contributed by atoms with Crippen LogP contribution in [0.5, 0.6) is 0 Å². The first-order chi connectivity index (χ1) is 11.0. The molecule has 0 aliphatic carbocycles. The van der Waals surface area contributed by atoms with E-state index in [1.807, 2.05) is 18.2 Å². The van der Waals surface area contributed by atoms with Gasteiger partial charge in [0.2, 0.25) is 5.78 Å². The van der Waals surface area contributed by atoms with Crippen LogP contribution in [-0.2, 0) is 16.1 Å². The number of Topliss-reactive ketones (excluding diaryl/α,β-unsaturated/α-hetero) is 1. The molecule has 2 aromatic carbocycles. The highest BCUT2D eigenvalue weighted by Gasteiger charge is 2.18. The van der Waals surface area contributed by atoms with Gasteiger partial charge >= 0.3 is 5.97 Å². The topological polar surface area (TPSA) is 86.6 Å². The summed E-state index contributed by atoms with van der Waals surface area (Å²) < 4.78 is 0. The van der Waals surface area contributed by atoms with Crippen molar-refractivity contribution in [3.8, 4) is 0 Å². The monoisotopic (exact) mass is 333 g/mol. The number of rotatable bonds is 7. The number of anilines is 1. The van der Waals surface area contributed by atoms with Gasteiger partial charge in [0.15, 0.2) is 0 Å². The lowest BCUT2D eigenvalue weighted by atomic mass is 10.0. The quantitative estimate of drug-likeness (QED) is 0.678. The van der Waals surface area contributed by atoms with Gasteiger partial charge in [0.25, 0.3) is 0 Å². The average molecular weight is 334 g/mol. The highest BCUT2D eigenvalue weighted by molar-refractivity contribution is 6.32. The number of aliphatic hydroxyl groups excluding tert-OH is 1. The summed E-state index contributed by atoms with van der Waals surface area (Å²) >= 11 is 5.83. The molecule has 6 heteroatoms. The van der Waals surface area contributed by atoms with Crippen molar-refractivity contribution >= 4 is 29.0 Å². The standard InChI is InChI=1S/C17H16ClNO4/c18-13-6-4-11(5-7-13)10-19-14-3-1-2-12(8-14)15(20)9-16(21)17(22)23/h1-8,15,19-20H,9-10H2,(H,22,23). The third-order valence-corrected chi connectivity index (χ3v) is 3.55. The second-order valence-corrected chi connectivity index (χ2v) is 5.49. The van der Waals surface area contributed by atoms with E-state index in [9.17, 15) is 14.7 Å². The maximum absolute atomic E-state index is 11.2. The molecular weight excluding hydrogens is 318 g/mol. The number of hydrogen-bond donors (Lipinski definition) is 3. The summed E-state index contributed by atoms with van der Waals surface area (Å²) in [4.78, 5) is 21.7. The number of carboxylic acids is 1. The van der Waals surface area contributed by atoms with Gasteiger partial charge in [-0.2, -0.15) is 0 Å². The zero-order chi connectivity index (χ0) is 16.8. The Morgan fingerprint density at radius 2 is 1.83 bits per heavy atom. The summed E-state index contributed by atoms with van der Waals surface area (Å²) in [5.41, 5.74) is 2.29. The zero-order valence-corrected chi connectivity index (χ0v) is 13.0. The molecule has 0 aromatic heterocycles. The second kappa shape index (κ2) is 7.76. The van der Waals surface area contributed by atoms with Crippen molar-refractivity contribution in [1.29, 1.82) is 0 Å². The smallest absolute Gasteiger partial charge is 0.372 e. The first-order valence-electron chi connectivity index (χ1n) is 6.98. The Bertz CT molecular complexity index is 700. The fourth-order valence-corrected chi connectivity index (χ4v) is 2.17. The van der Waals surface area contributed by atoms with Crippen LogP contribution in [0.1, 0.15) is 23.7 Å². The number of aliphatic hydroxyl groups is 1. The third kappa shape index (κ3) is 5.09. The number of carbonyl (C=O) groups excluding carboxylic acids is 1. The van der Waals surface area contributed by atoms with E-state index in [1.165, 1.54) is 0 Å². The minimum atomic E-state index is -1.54. The van der Waals surface area contributed by atoms with E-state index in [1.54, 1.807) is 30.3 Å². The van der Waals surface area contributed by atoms with Crippen molar-refractivity contribution in [1.82, 2.24) is 0 Å². The maximum Gasteiger partial charge on any atom is 0.372 e. The molecule has 0 saturated heterocycles. The molecule has 0 bridgehead atoms. The summed E-state index contributed by atoms with van der Waals surface area (Å²) in [6.07, 6.45) is -1.59. The molecule has 0 aliphatic rings. The lowest BCUT2D eigenvalue weighted by molar-refractivity contribution is -0.150. The molecule has 23 heavy (non-hydrogen) atoms. The van der Waals surface area contributed by atoms with E-state index in [0.717, 1.165) is 11.3 Å². The van der Waals surface area contributed by atoms with E-state index < -0.39 is 24.3 Å². The summed E-state index contributed by atoms with van der Waals surface area (Å²) in [5, 5.41) is 22.4. The van der Waals surface area contributed by atoms with Gasteiger partial charge in [0.05, 0.1) is 6.10 Å². The molecule has 0 heterocycles. The highest BCUT2D eigenvalue weighted by Crippen LogP contribution is 2.21. The van der Waals surface area contributed by atoms with Crippen molar-refractivity contribution in [2.45, 2.75) is 19.1 Å². The second-order valence-electron chi connectivity index (χ2n) is 5.05. The molecule has 120 valence electrons. The number of carbonyl (C=O) groups is 2. The van der Waals surface area contributed by atoms with Crippen LogP contribution in [0, 0.1) is 0 Å². The van der Waals surface area contributed by atoms with E-state index in [0.29, 0.717) is 17.1 Å². The fourth-order valence-electron chi connectivity index (χ4n) is 2.04. The van der Waals surface area contributed by atoms with Crippen molar-refractivity contribution in [2.75, 3.05) is 5.32 Å². The van der Waals surface area contributed by atoms with Gasteiger partial charge in [-0.25, -0.2) is 4.79 Å². The first kappa shape index (κ1) is 17.0. The van der Waals surface area contributed by atoms with Gasteiger partial charge in [0.1, 0.15) is 0 Å². The minimum absolute atomic E-state index is 0.448. The molecule has 0 aliphatic heterocycles. The number of aliphatic carboxylic acids is 1. The zero-order valence-electron chi connectivity index (χ0n) is 12.2. The maximum atomic E-state index is 11.2. The van der Waals surface area contributed by atoms with E-state index >= 15 is 0 Å². The Labute approximate surface area is 138 Å². The molecule has 0 fully saturated rings. The molecule has 0 amide bonds. The Hall–Kier alpha value is -2.37. The van der Waals surface area contributed by atoms with Gasteiger partial charge in [0, 0.05) is 23.7 Å². The molecule has 2 aromatic rings. The summed E-state index contributed by atoms with van der Waals surface area (Å²) in [7, 11) is 0. The van der Waals surface area contributed by atoms with Crippen LogP contribution in [0.4, 0.5) is 5.69 Å². The van der Waals surface area contributed by atoms with Gasteiger partial charge in [-0.05, 0) is 35.4 Å². The molecule has 1 unspecified atom stereocenters. The Balaban J connectivity index is 2.00. The van der Waals surface area contributed by atoms with Gasteiger partial charge in [-0.15, -0.1) is 0 Å². The number of carboxylic acid groups (broad SMARTS) is 1. The van der Waals surface area contributed by atoms with Crippen LogP contribution >= 0.6 is 11.6 Å². The lowest BCUT2D eigenvalue weighted by Gasteiger charge is -2.12. The predicted octanol–water partition coefficient (Wildman–Crippen LogP) is 3.03. The van der Waals surface area contributed by atoms with Gasteiger partial charge in [-0.1, -0.05) is 35.9 Å². The highest BCUT2D eigenvalue weighted by atomic mass is 35.5. The largest absolute Gasteiger partial charge is 0.475 e. The Kier molecular flexibility index (Phi) is 5.73. The normalized spacial score (nSPS) is 11.7. The number of benzene rings is 2. The SMILES string of the molecule is O=C(O)C(=O)CC(O)c1cccc(NCc2ccc(Cl)cc2)c1. The molecule has 0 saturated carbocycles. The Morgan fingerprint density at radius 1 is 1.13 bits per heavy atom. The fraction of sp³-hybridized carbons (Fsp3) is 0.176. The van der Waals surface area contributed by atoms with Crippen LogP contribution in [-0.4, -0.2) is 22.0 Å². The number of halogens is 1. The molecule has 5 nitrogen and oxygen atoms in total. The van der Waals surface area contributed by atoms with Crippen molar-refractivity contribution in [3.05, 3.63) is 64.7 Å². The number of nitrogens with one attached hydrogen (secondary N) is 1. The lowest BCUT2D eigenvalue weighted by Crippen LogP contribution is -2.16. The van der Waals surface area contributed by atoms with Crippen molar-refractivity contribution < 1.29 is 19.8 Å². The van der Waals surface area contributed by atoms with Crippen LogP contribution in [0.25, 0.3) is 0 Å². The van der Waals surface area contributed by atoms with Crippen molar-refractivity contribution in [2.24, 2.45) is 0 Å². The van der Waals surface area contributed by atoms with E-state index in [4.69, 9.17) is 16.7 Å². The molecule has 2 rings (SSSR count). The van der Waals surface area contributed by atoms with E-state index in [-0.39, 0.29) is 0 Å². The van der Waals surface area contributed by atoms with Crippen molar-refractivity contribution in [3.63, 3.8) is 0 Å². The molecule has 1 atom stereocenters. The van der Waals surface area contributed by atoms with Gasteiger partial charge < -0.3 is 15.5 Å². The summed E-state index contributed by atoms with van der Waals surface area (Å²) in [6, 6.07) is 14.3. The average Bonchev–Trinajstić information content (AvgIpc) is 2.54. The van der Waals surface area contributed by atoms with Crippen LogP contribution < -0.4 is 5.32 Å². The summed E-state index contributed by atoms with van der Waals surface area (Å²) in [5.74, 6) is -2.56. The molecule has 3 N–H and O–H groups in total. The minimum Gasteiger partial charge on any atom is -0.475 e. The van der Waals surface area contributed by atoms with E-state index in [2.05, 4.69) is 5.32 Å².